The first-order valence-electron chi connectivity index (χ1n) is 8.44. The van der Waals surface area contributed by atoms with E-state index in [4.69, 9.17) is 0 Å². The lowest BCUT2D eigenvalue weighted by Crippen LogP contribution is -2.40. The Balaban J connectivity index is 1.70. The Morgan fingerprint density at radius 3 is 2.96 bits per heavy atom. The second kappa shape index (κ2) is 6.35. The second-order valence-electron chi connectivity index (χ2n) is 6.52. The predicted molar refractivity (Wildman–Crippen MR) is 102 cm³/mol. The minimum atomic E-state index is -0.273. The van der Waals surface area contributed by atoms with Crippen LogP contribution in [0.25, 0.3) is 11.0 Å². The number of aromatic nitrogens is 4. The van der Waals surface area contributed by atoms with Gasteiger partial charge < -0.3 is 4.90 Å². The number of hydrogen-bond acceptors (Lipinski definition) is 4. The molecule has 0 saturated heterocycles. The van der Waals surface area contributed by atoms with Crippen LogP contribution in [0.5, 0.6) is 0 Å². The summed E-state index contributed by atoms with van der Waals surface area (Å²) in [5.41, 5.74) is 3.45. The van der Waals surface area contributed by atoms with Gasteiger partial charge in [0, 0.05) is 19.3 Å². The number of fused-ring (bicyclic) bond motifs is 2. The zero-order valence-corrected chi connectivity index (χ0v) is 16.2. The van der Waals surface area contributed by atoms with Crippen molar-refractivity contribution in [1.82, 2.24) is 19.3 Å². The fourth-order valence-corrected chi connectivity index (χ4v) is 4.16. The molecule has 0 bridgehead atoms. The summed E-state index contributed by atoms with van der Waals surface area (Å²) in [5.74, 6) is -0.108. The van der Waals surface area contributed by atoms with E-state index in [9.17, 15) is 9.59 Å². The third-order valence-electron chi connectivity index (χ3n) is 4.79. The first kappa shape index (κ1) is 17.0. The molecule has 0 fully saturated rings. The Bertz CT molecular complexity index is 1090. The number of aryl methyl sites for hydroxylation is 3. The van der Waals surface area contributed by atoms with Gasteiger partial charge in [0.05, 0.1) is 0 Å². The van der Waals surface area contributed by atoms with Gasteiger partial charge in [-0.25, -0.2) is 9.67 Å². The van der Waals surface area contributed by atoms with Crippen LogP contribution < -0.4 is 10.5 Å². The molecule has 0 spiro atoms. The van der Waals surface area contributed by atoms with Crippen LogP contribution in [0.15, 0.2) is 33.9 Å². The van der Waals surface area contributed by atoms with Crippen LogP contribution >= 0.6 is 15.9 Å². The van der Waals surface area contributed by atoms with Crippen molar-refractivity contribution in [2.75, 3.05) is 11.4 Å². The minimum Gasteiger partial charge on any atom is -0.310 e. The largest absolute Gasteiger partial charge is 0.310 e. The Morgan fingerprint density at radius 1 is 1.35 bits per heavy atom. The number of anilines is 1. The lowest BCUT2D eigenvalue weighted by molar-refractivity contribution is -0.119. The van der Waals surface area contributed by atoms with Gasteiger partial charge in [-0.15, -0.1) is 0 Å². The molecular weight excluding hydrogens is 398 g/mol. The highest BCUT2D eigenvalue weighted by molar-refractivity contribution is 9.10. The van der Waals surface area contributed by atoms with Gasteiger partial charge in [-0.2, -0.15) is 5.10 Å². The van der Waals surface area contributed by atoms with E-state index in [0.29, 0.717) is 22.2 Å². The molecule has 0 atom stereocenters. The van der Waals surface area contributed by atoms with Crippen molar-refractivity contribution < 1.29 is 4.79 Å². The van der Waals surface area contributed by atoms with Crippen LogP contribution in [0, 0.1) is 6.92 Å². The number of rotatable bonds is 2. The first-order valence-corrected chi connectivity index (χ1v) is 9.23. The van der Waals surface area contributed by atoms with Gasteiger partial charge >= 0.3 is 0 Å². The molecule has 0 saturated carbocycles. The van der Waals surface area contributed by atoms with E-state index in [0.717, 1.165) is 24.1 Å². The molecule has 0 radical (unpaired) electrons. The standard InChI is InChI=1S/C18H18BrN5O2/c1-11-5-3-6-12-7-4-8-24(15(11)12)13(25)9-23-10-20-17-14(18(23)26)16(19)21-22(17)2/h3,5-6,10H,4,7-9H2,1-2H3. The summed E-state index contributed by atoms with van der Waals surface area (Å²) in [6.07, 6.45) is 3.30. The number of hydrogen-bond donors (Lipinski definition) is 0. The molecule has 8 heteroatoms. The predicted octanol–water partition coefficient (Wildman–Crippen LogP) is 2.18. The molecule has 4 rings (SSSR count). The number of nitrogens with zero attached hydrogens (tertiary/aromatic N) is 5. The molecule has 1 amide bonds. The molecule has 0 N–H and O–H groups in total. The quantitative estimate of drug-likeness (QED) is 0.642. The smallest absolute Gasteiger partial charge is 0.266 e. The first-order chi connectivity index (χ1) is 12.5. The molecule has 3 heterocycles. The summed E-state index contributed by atoms with van der Waals surface area (Å²) >= 11 is 3.30. The van der Waals surface area contributed by atoms with Gasteiger partial charge in [0.25, 0.3) is 5.56 Å². The Kier molecular flexibility index (Phi) is 4.14. The Hall–Kier alpha value is -2.48. The van der Waals surface area contributed by atoms with Crippen LogP contribution in [0.3, 0.4) is 0 Å². The maximum atomic E-state index is 13.0. The molecular formula is C18H18BrN5O2. The topological polar surface area (TPSA) is 73.0 Å². The third kappa shape index (κ3) is 2.65. The summed E-state index contributed by atoms with van der Waals surface area (Å²) in [7, 11) is 1.72. The minimum absolute atomic E-state index is 0.0448. The molecule has 1 aromatic carbocycles. The van der Waals surface area contributed by atoms with Gasteiger partial charge in [0.15, 0.2) is 5.65 Å². The highest BCUT2D eigenvalue weighted by Gasteiger charge is 2.25. The van der Waals surface area contributed by atoms with Crippen molar-refractivity contribution in [3.05, 3.63) is 50.6 Å². The summed E-state index contributed by atoms with van der Waals surface area (Å²) < 4.78 is 3.33. The molecule has 1 aliphatic rings. The number of amides is 1. The molecule has 3 aromatic rings. The van der Waals surface area contributed by atoms with Crippen LogP contribution in [-0.4, -0.2) is 31.8 Å². The number of benzene rings is 1. The average molecular weight is 416 g/mol. The van der Waals surface area contributed by atoms with Crippen LogP contribution in [-0.2, 0) is 24.8 Å². The monoisotopic (exact) mass is 415 g/mol. The molecule has 0 unspecified atom stereocenters. The van der Waals surface area contributed by atoms with E-state index in [1.54, 1.807) is 11.9 Å². The van der Waals surface area contributed by atoms with Crippen molar-refractivity contribution in [2.24, 2.45) is 7.05 Å². The van der Waals surface area contributed by atoms with Crippen molar-refractivity contribution in [3.8, 4) is 0 Å². The zero-order chi connectivity index (χ0) is 18.4. The fraction of sp³-hybridized carbons (Fsp3) is 0.333. The molecule has 134 valence electrons. The van der Waals surface area contributed by atoms with E-state index < -0.39 is 0 Å². The van der Waals surface area contributed by atoms with Crippen molar-refractivity contribution in [2.45, 2.75) is 26.3 Å². The average Bonchev–Trinajstić information content (AvgIpc) is 2.91. The molecule has 2 aromatic heterocycles. The van der Waals surface area contributed by atoms with E-state index >= 15 is 0 Å². The Labute approximate surface area is 158 Å². The fourth-order valence-electron chi connectivity index (χ4n) is 3.58. The number of para-hydroxylation sites is 1. The van der Waals surface area contributed by atoms with Crippen molar-refractivity contribution >= 4 is 38.6 Å². The summed E-state index contributed by atoms with van der Waals surface area (Å²) in [4.78, 5) is 31.8. The lowest BCUT2D eigenvalue weighted by atomic mass is 9.98. The number of carbonyl (C=O) groups excluding carboxylic acids is 1. The van der Waals surface area contributed by atoms with Gasteiger partial charge in [-0.05, 0) is 46.8 Å². The maximum Gasteiger partial charge on any atom is 0.266 e. The number of halogens is 1. The molecule has 7 nitrogen and oxygen atoms in total. The normalized spacial score (nSPS) is 13.9. The summed E-state index contributed by atoms with van der Waals surface area (Å²) in [6, 6.07) is 6.09. The second-order valence-corrected chi connectivity index (χ2v) is 7.27. The number of carbonyl (C=O) groups is 1. The maximum absolute atomic E-state index is 13.0. The lowest BCUT2D eigenvalue weighted by Gasteiger charge is -2.31. The van der Waals surface area contributed by atoms with Gasteiger partial charge in [0.1, 0.15) is 22.9 Å². The third-order valence-corrected chi connectivity index (χ3v) is 5.35. The van der Waals surface area contributed by atoms with E-state index in [-0.39, 0.29) is 18.0 Å². The van der Waals surface area contributed by atoms with Gasteiger partial charge in [0.2, 0.25) is 5.91 Å². The highest BCUT2D eigenvalue weighted by atomic mass is 79.9. The summed E-state index contributed by atoms with van der Waals surface area (Å²) in [6.45, 7) is 2.63. The van der Waals surface area contributed by atoms with Gasteiger partial charge in [-0.1, -0.05) is 18.2 Å². The van der Waals surface area contributed by atoms with Crippen LogP contribution in [0.1, 0.15) is 17.5 Å². The van der Waals surface area contributed by atoms with Crippen molar-refractivity contribution in [3.63, 3.8) is 0 Å². The summed E-state index contributed by atoms with van der Waals surface area (Å²) in [5, 5.41) is 4.55. The molecule has 1 aliphatic heterocycles. The zero-order valence-electron chi connectivity index (χ0n) is 14.6. The molecule has 0 aliphatic carbocycles. The van der Waals surface area contributed by atoms with Crippen molar-refractivity contribution in [1.29, 1.82) is 0 Å². The molecule has 26 heavy (non-hydrogen) atoms. The Morgan fingerprint density at radius 2 is 2.15 bits per heavy atom. The van der Waals surface area contributed by atoms with E-state index in [1.165, 1.54) is 21.1 Å². The SMILES string of the molecule is Cc1cccc2c1N(C(=O)Cn1cnc3c(c(Br)nn3C)c1=O)CCC2. The van der Waals surface area contributed by atoms with E-state index in [2.05, 4.69) is 32.1 Å². The van der Waals surface area contributed by atoms with Crippen LogP contribution in [0.2, 0.25) is 0 Å². The van der Waals surface area contributed by atoms with Crippen LogP contribution in [0.4, 0.5) is 5.69 Å². The van der Waals surface area contributed by atoms with Gasteiger partial charge in [-0.3, -0.25) is 14.2 Å². The van der Waals surface area contributed by atoms with E-state index in [1.807, 2.05) is 19.1 Å². The highest BCUT2D eigenvalue weighted by Crippen LogP contribution is 2.30.